The number of nitrogens with zero attached hydrogens (tertiary/aromatic N) is 1. The summed E-state index contributed by atoms with van der Waals surface area (Å²) in [6.45, 7) is 1.45. The maximum Gasteiger partial charge on any atom is 0.317 e. The van der Waals surface area contributed by atoms with E-state index in [4.69, 9.17) is 5.11 Å². The lowest BCUT2D eigenvalue weighted by Crippen LogP contribution is -2.48. The van der Waals surface area contributed by atoms with E-state index in [0.29, 0.717) is 37.4 Å². The third-order valence-corrected chi connectivity index (χ3v) is 4.36. The molecular formula is C14H19N3O4S. The van der Waals surface area contributed by atoms with Gasteiger partial charge in [-0.3, -0.25) is 9.59 Å². The number of piperidine rings is 1. The van der Waals surface area contributed by atoms with Crippen molar-refractivity contribution in [2.75, 3.05) is 26.2 Å². The number of carbonyl (C=O) groups is 3. The average Bonchev–Trinajstić information content (AvgIpc) is 3.05. The predicted octanol–water partition coefficient (Wildman–Crippen LogP) is 0.984. The molecule has 0 radical (unpaired) electrons. The Labute approximate surface area is 132 Å². The zero-order chi connectivity index (χ0) is 15.9. The molecule has 1 atom stereocenters. The number of thiophene rings is 1. The minimum Gasteiger partial charge on any atom is -0.481 e. The largest absolute Gasteiger partial charge is 0.481 e. The molecule has 1 unspecified atom stereocenters. The maximum absolute atomic E-state index is 12.0. The Kier molecular flexibility index (Phi) is 5.76. The molecule has 8 heteroatoms. The topological polar surface area (TPSA) is 98.7 Å². The second-order valence-electron chi connectivity index (χ2n) is 5.09. The molecule has 3 N–H and O–H groups in total. The summed E-state index contributed by atoms with van der Waals surface area (Å²) in [4.78, 5) is 36.7. The zero-order valence-corrected chi connectivity index (χ0v) is 12.9. The summed E-state index contributed by atoms with van der Waals surface area (Å²) in [7, 11) is 0. The summed E-state index contributed by atoms with van der Waals surface area (Å²) in [6, 6.07) is 3.26. The molecule has 0 saturated carbocycles. The van der Waals surface area contributed by atoms with Crippen molar-refractivity contribution in [3.05, 3.63) is 22.4 Å². The number of carboxylic acid groups (broad SMARTS) is 1. The molecule has 1 fully saturated rings. The van der Waals surface area contributed by atoms with Gasteiger partial charge in [-0.25, -0.2) is 4.79 Å². The molecule has 0 aromatic carbocycles. The van der Waals surface area contributed by atoms with Gasteiger partial charge >= 0.3 is 12.0 Å². The molecule has 1 aliphatic rings. The first-order valence-corrected chi connectivity index (χ1v) is 8.03. The first-order valence-electron chi connectivity index (χ1n) is 7.15. The van der Waals surface area contributed by atoms with Crippen LogP contribution >= 0.6 is 11.3 Å². The lowest BCUT2D eigenvalue weighted by Gasteiger charge is -2.30. The van der Waals surface area contributed by atoms with E-state index >= 15 is 0 Å². The fourth-order valence-electron chi connectivity index (χ4n) is 2.32. The average molecular weight is 325 g/mol. The van der Waals surface area contributed by atoms with Gasteiger partial charge in [0, 0.05) is 26.2 Å². The van der Waals surface area contributed by atoms with Gasteiger partial charge in [-0.15, -0.1) is 11.3 Å². The molecule has 3 amide bonds. The SMILES string of the molecule is O=C(NCCNC(=O)N1CCCC(C(=O)O)C1)c1cccs1. The van der Waals surface area contributed by atoms with Crippen LogP contribution in [0.1, 0.15) is 22.5 Å². The highest BCUT2D eigenvalue weighted by atomic mass is 32.1. The van der Waals surface area contributed by atoms with E-state index in [1.165, 1.54) is 16.2 Å². The Balaban J connectivity index is 1.67. The van der Waals surface area contributed by atoms with Crippen LogP contribution in [0.4, 0.5) is 4.79 Å². The summed E-state index contributed by atoms with van der Waals surface area (Å²) in [5, 5.41) is 16.2. The van der Waals surface area contributed by atoms with E-state index in [-0.39, 0.29) is 18.5 Å². The number of hydrogen-bond acceptors (Lipinski definition) is 4. The molecule has 7 nitrogen and oxygen atoms in total. The summed E-state index contributed by atoms with van der Waals surface area (Å²) < 4.78 is 0. The van der Waals surface area contributed by atoms with Crippen molar-refractivity contribution in [1.29, 1.82) is 0 Å². The van der Waals surface area contributed by atoms with E-state index in [0.717, 1.165) is 0 Å². The van der Waals surface area contributed by atoms with Crippen LogP contribution in [0.15, 0.2) is 17.5 Å². The van der Waals surface area contributed by atoms with E-state index in [9.17, 15) is 14.4 Å². The zero-order valence-electron chi connectivity index (χ0n) is 12.1. The molecular weight excluding hydrogens is 306 g/mol. The van der Waals surface area contributed by atoms with Crippen LogP contribution in [0.3, 0.4) is 0 Å². The molecule has 2 rings (SSSR count). The number of aliphatic carboxylic acids is 1. The summed E-state index contributed by atoms with van der Waals surface area (Å²) >= 11 is 1.36. The third-order valence-electron chi connectivity index (χ3n) is 3.49. The maximum atomic E-state index is 12.0. The molecule has 0 bridgehead atoms. The van der Waals surface area contributed by atoms with Crippen LogP contribution in [0, 0.1) is 5.92 Å². The van der Waals surface area contributed by atoms with Crippen molar-refractivity contribution >= 4 is 29.2 Å². The van der Waals surface area contributed by atoms with Gasteiger partial charge in [0.25, 0.3) is 5.91 Å². The Hall–Kier alpha value is -2.09. The van der Waals surface area contributed by atoms with E-state index in [1.807, 2.05) is 5.38 Å². The summed E-state index contributed by atoms with van der Waals surface area (Å²) in [6.07, 6.45) is 1.30. The fraction of sp³-hybridized carbons (Fsp3) is 0.500. The first kappa shape index (κ1) is 16.3. The quantitative estimate of drug-likeness (QED) is 0.703. The third kappa shape index (κ3) is 4.45. The lowest BCUT2D eigenvalue weighted by molar-refractivity contribution is -0.143. The monoisotopic (exact) mass is 325 g/mol. The summed E-state index contributed by atoms with van der Waals surface area (Å²) in [5.74, 6) is -1.51. The second-order valence-corrected chi connectivity index (χ2v) is 6.04. The second kappa shape index (κ2) is 7.79. The number of rotatable bonds is 5. The Bertz CT molecular complexity index is 532. The highest BCUT2D eigenvalue weighted by Crippen LogP contribution is 2.16. The van der Waals surface area contributed by atoms with Crippen LogP contribution in [0.5, 0.6) is 0 Å². The van der Waals surface area contributed by atoms with E-state index in [1.54, 1.807) is 12.1 Å². The van der Waals surface area contributed by atoms with Gasteiger partial charge < -0.3 is 20.6 Å². The number of carbonyl (C=O) groups excluding carboxylic acids is 2. The van der Waals surface area contributed by atoms with Gasteiger partial charge in [0.1, 0.15) is 0 Å². The van der Waals surface area contributed by atoms with Crippen molar-refractivity contribution in [2.24, 2.45) is 5.92 Å². The normalized spacial score (nSPS) is 17.8. The number of amides is 3. The molecule has 120 valence electrons. The highest BCUT2D eigenvalue weighted by Gasteiger charge is 2.27. The number of urea groups is 1. The first-order chi connectivity index (χ1) is 10.6. The number of likely N-dealkylation sites (tertiary alicyclic amines) is 1. The number of nitrogens with one attached hydrogen (secondary N) is 2. The van der Waals surface area contributed by atoms with Gasteiger partial charge in [-0.1, -0.05) is 6.07 Å². The minimum atomic E-state index is -0.860. The van der Waals surface area contributed by atoms with Gasteiger partial charge in [0.2, 0.25) is 0 Å². The van der Waals surface area contributed by atoms with Gasteiger partial charge in [-0.05, 0) is 24.3 Å². The van der Waals surface area contributed by atoms with Crippen molar-refractivity contribution < 1.29 is 19.5 Å². The molecule has 0 aliphatic carbocycles. The molecule has 1 aromatic heterocycles. The van der Waals surface area contributed by atoms with Gasteiger partial charge in [0.05, 0.1) is 10.8 Å². The van der Waals surface area contributed by atoms with Crippen LogP contribution in [0.2, 0.25) is 0 Å². The van der Waals surface area contributed by atoms with Gasteiger partial charge in [-0.2, -0.15) is 0 Å². The van der Waals surface area contributed by atoms with E-state index < -0.39 is 11.9 Å². The van der Waals surface area contributed by atoms with Gasteiger partial charge in [0.15, 0.2) is 0 Å². The Morgan fingerprint density at radius 3 is 2.77 bits per heavy atom. The van der Waals surface area contributed by atoms with Crippen molar-refractivity contribution in [3.8, 4) is 0 Å². The van der Waals surface area contributed by atoms with Crippen molar-refractivity contribution in [2.45, 2.75) is 12.8 Å². The van der Waals surface area contributed by atoms with Crippen molar-refractivity contribution in [3.63, 3.8) is 0 Å². The lowest BCUT2D eigenvalue weighted by atomic mass is 9.99. The standard InChI is InChI=1S/C14H19N3O4S/c18-12(11-4-2-8-22-11)15-5-6-16-14(21)17-7-1-3-10(9-17)13(19)20/h2,4,8,10H,1,3,5-7,9H2,(H,15,18)(H,16,21)(H,19,20). The predicted molar refractivity (Wildman–Crippen MR) is 82.0 cm³/mol. The van der Waals surface area contributed by atoms with Crippen LogP contribution in [-0.2, 0) is 4.79 Å². The molecule has 2 heterocycles. The molecule has 22 heavy (non-hydrogen) atoms. The minimum absolute atomic E-state index is 0.159. The molecule has 1 saturated heterocycles. The van der Waals surface area contributed by atoms with Crippen LogP contribution in [0.25, 0.3) is 0 Å². The molecule has 1 aliphatic heterocycles. The molecule has 0 spiro atoms. The fourth-order valence-corrected chi connectivity index (χ4v) is 2.96. The number of carboxylic acids is 1. The van der Waals surface area contributed by atoms with Crippen molar-refractivity contribution in [1.82, 2.24) is 15.5 Å². The smallest absolute Gasteiger partial charge is 0.317 e. The Morgan fingerprint density at radius 2 is 2.09 bits per heavy atom. The van der Waals surface area contributed by atoms with E-state index in [2.05, 4.69) is 10.6 Å². The van der Waals surface area contributed by atoms with Crippen LogP contribution in [-0.4, -0.2) is 54.1 Å². The number of hydrogen-bond donors (Lipinski definition) is 3. The van der Waals surface area contributed by atoms with Crippen LogP contribution < -0.4 is 10.6 Å². The highest BCUT2D eigenvalue weighted by molar-refractivity contribution is 7.12. The molecule has 1 aromatic rings. The summed E-state index contributed by atoms with van der Waals surface area (Å²) in [5.41, 5.74) is 0. The Morgan fingerprint density at radius 1 is 1.32 bits per heavy atom.